The van der Waals surface area contributed by atoms with Crippen LogP contribution in [-0.2, 0) is 11.3 Å². The minimum atomic E-state index is -4.56. The summed E-state index contributed by atoms with van der Waals surface area (Å²) in [4.78, 5) is 11.1. The van der Waals surface area contributed by atoms with Crippen LogP contribution in [0.4, 0.5) is 18.0 Å². The van der Waals surface area contributed by atoms with E-state index in [0.717, 1.165) is 0 Å². The van der Waals surface area contributed by atoms with Crippen molar-refractivity contribution in [3.05, 3.63) is 28.8 Å². The Kier molecular flexibility index (Phi) is 5.29. The van der Waals surface area contributed by atoms with Crippen molar-refractivity contribution in [3.8, 4) is 5.75 Å². The third-order valence-corrected chi connectivity index (χ3v) is 2.43. The van der Waals surface area contributed by atoms with Gasteiger partial charge in [0.1, 0.15) is 5.75 Å². The number of methoxy groups -OCH3 is 1. The summed E-state index contributed by atoms with van der Waals surface area (Å²) in [5.41, 5.74) is 0.454. The first-order valence-corrected chi connectivity index (χ1v) is 5.50. The Morgan fingerprint density at radius 3 is 2.68 bits per heavy atom. The molecule has 0 bridgehead atoms. The Bertz CT molecular complexity index is 451. The van der Waals surface area contributed by atoms with Gasteiger partial charge in [-0.3, -0.25) is 0 Å². The zero-order valence-corrected chi connectivity index (χ0v) is 10.6. The van der Waals surface area contributed by atoms with Crippen molar-refractivity contribution in [1.82, 2.24) is 5.32 Å². The molecular weight excluding hydrogens is 287 g/mol. The minimum absolute atomic E-state index is 0.0977. The zero-order chi connectivity index (χ0) is 14.5. The van der Waals surface area contributed by atoms with E-state index in [-0.39, 0.29) is 6.54 Å². The Morgan fingerprint density at radius 2 is 2.11 bits per heavy atom. The molecule has 0 unspecified atom stereocenters. The Balaban J connectivity index is 2.55. The Hall–Kier alpha value is -1.63. The largest absolute Gasteiger partial charge is 0.496 e. The fourth-order valence-electron chi connectivity index (χ4n) is 1.26. The molecule has 1 aromatic carbocycles. The summed E-state index contributed by atoms with van der Waals surface area (Å²) >= 11 is 5.89. The summed E-state index contributed by atoms with van der Waals surface area (Å²) in [7, 11) is 1.41. The lowest BCUT2D eigenvalue weighted by molar-refractivity contribution is -0.160. The Labute approximate surface area is 112 Å². The van der Waals surface area contributed by atoms with Crippen molar-refractivity contribution < 1.29 is 27.4 Å². The summed E-state index contributed by atoms with van der Waals surface area (Å²) in [6.07, 6.45) is -5.74. The number of rotatable bonds is 4. The van der Waals surface area contributed by atoms with Gasteiger partial charge in [0, 0.05) is 10.6 Å². The van der Waals surface area contributed by atoms with E-state index >= 15 is 0 Å². The normalized spacial score (nSPS) is 11.0. The molecule has 8 heteroatoms. The van der Waals surface area contributed by atoms with Gasteiger partial charge in [0.15, 0.2) is 6.61 Å². The lowest BCUT2D eigenvalue weighted by Gasteiger charge is -2.12. The van der Waals surface area contributed by atoms with Gasteiger partial charge in [-0.05, 0) is 12.1 Å². The second-order valence-corrected chi connectivity index (χ2v) is 3.87. The van der Waals surface area contributed by atoms with Gasteiger partial charge in [0.2, 0.25) is 0 Å². The fourth-order valence-corrected chi connectivity index (χ4v) is 1.49. The van der Waals surface area contributed by atoms with E-state index in [0.29, 0.717) is 16.3 Å². The SMILES string of the molecule is COc1cccc(Cl)c1CNC(=O)OCC(F)(F)F. The summed E-state index contributed by atoms with van der Waals surface area (Å²) < 4.78 is 44.4. The molecule has 0 aliphatic rings. The molecule has 0 saturated heterocycles. The van der Waals surface area contributed by atoms with Crippen LogP contribution in [-0.4, -0.2) is 26.0 Å². The molecule has 19 heavy (non-hydrogen) atoms. The fraction of sp³-hybridized carbons (Fsp3) is 0.364. The first-order chi connectivity index (χ1) is 8.83. The standard InChI is InChI=1S/C11H11ClF3NO3/c1-18-9-4-2-3-8(12)7(9)5-16-10(17)19-6-11(13,14)15/h2-4H,5-6H2,1H3,(H,16,17). The second kappa shape index (κ2) is 6.51. The molecule has 0 fully saturated rings. The van der Waals surface area contributed by atoms with Gasteiger partial charge in [-0.25, -0.2) is 4.79 Å². The summed E-state index contributed by atoms with van der Waals surface area (Å²) in [6, 6.07) is 4.83. The molecule has 0 atom stereocenters. The highest BCUT2D eigenvalue weighted by molar-refractivity contribution is 6.31. The number of alkyl carbamates (subject to hydrolysis) is 1. The molecule has 0 aliphatic carbocycles. The van der Waals surface area contributed by atoms with E-state index < -0.39 is 18.9 Å². The van der Waals surface area contributed by atoms with Gasteiger partial charge in [-0.1, -0.05) is 17.7 Å². The molecule has 0 aromatic heterocycles. The summed E-state index contributed by atoms with van der Waals surface area (Å²) in [6.45, 7) is -1.74. The van der Waals surface area contributed by atoms with E-state index in [9.17, 15) is 18.0 Å². The first kappa shape index (κ1) is 15.4. The van der Waals surface area contributed by atoms with E-state index in [1.165, 1.54) is 7.11 Å². The van der Waals surface area contributed by atoms with Crippen LogP contribution < -0.4 is 10.1 Å². The van der Waals surface area contributed by atoms with Crippen molar-refractivity contribution in [2.45, 2.75) is 12.7 Å². The highest BCUT2D eigenvalue weighted by atomic mass is 35.5. The quantitative estimate of drug-likeness (QED) is 0.929. The highest BCUT2D eigenvalue weighted by Gasteiger charge is 2.29. The van der Waals surface area contributed by atoms with Crippen molar-refractivity contribution >= 4 is 17.7 Å². The number of halogens is 4. The van der Waals surface area contributed by atoms with E-state index in [2.05, 4.69) is 10.1 Å². The van der Waals surface area contributed by atoms with Crippen LogP contribution in [0, 0.1) is 0 Å². The number of carbonyl (C=O) groups is 1. The van der Waals surface area contributed by atoms with Gasteiger partial charge in [0.25, 0.3) is 0 Å². The highest BCUT2D eigenvalue weighted by Crippen LogP contribution is 2.25. The lowest BCUT2D eigenvalue weighted by Crippen LogP contribution is -2.28. The maximum absolute atomic E-state index is 11.8. The molecule has 106 valence electrons. The van der Waals surface area contributed by atoms with Crippen LogP contribution in [0.5, 0.6) is 5.75 Å². The van der Waals surface area contributed by atoms with Crippen molar-refractivity contribution in [2.75, 3.05) is 13.7 Å². The number of benzene rings is 1. The van der Waals surface area contributed by atoms with Gasteiger partial charge in [-0.2, -0.15) is 13.2 Å². The summed E-state index contributed by atoms with van der Waals surface area (Å²) in [5, 5.41) is 2.49. The zero-order valence-electron chi connectivity index (χ0n) is 9.88. The molecule has 1 amide bonds. The predicted molar refractivity (Wildman–Crippen MR) is 62.2 cm³/mol. The molecule has 4 nitrogen and oxygen atoms in total. The lowest BCUT2D eigenvalue weighted by atomic mass is 10.2. The number of hydrogen-bond donors (Lipinski definition) is 1. The molecule has 0 spiro atoms. The second-order valence-electron chi connectivity index (χ2n) is 3.47. The average Bonchev–Trinajstić information content (AvgIpc) is 2.33. The van der Waals surface area contributed by atoms with Crippen LogP contribution in [0.2, 0.25) is 5.02 Å². The number of hydrogen-bond acceptors (Lipinski definition) is 3. The third-order valence-electron chi connectivity index (χ3n) is 2.07. The monoisotopic (exact) mass is 297 g/mol. The molecule has 1 aromatic rings. The van der Waals surface area contributed by atoms with Crippen molar-refractivity contribution in [1.29, 1.82) is 0 Å². The molecule has 0 aliphatic heterocycles. The van der Waals surface area contributed by atoms with Crippen molar-refractivity contribution in [2.24, 2.45) is 0 Å². The van der Waals surface area contributed by atoms with Crippen LogP contribution in [0.3, 0.4) is 0 Å². The first-order valence-electron chi connectivity index (χ1n) is 5.12. The smallest absolute Gasteiger partial charge is 0.422 e. The maximum Gasteiger partial charge on any atom is 0.422 e. The average molecular weight is 298 g/mol. The van der Waals surface area contributed by atoms with Gasteiger partial charge in [-0.15, -0.1) is 0 Å². The topological polar surface area (TPSA) is 47.6 Å². The van der Waals surface area contributed by atoms with Gasteiger partial charge >= 0.3 is 12.3 Å². The van der Waals surface area contributed by atoms with Crippen molar-refractivity contribution in [3.63, 3.8) is 0 Å². The Morgan fingerprint density at radius 1 is 1.42 bits per heavy atom. The number of alkyl halides is 3. The molecule has 0 radical (unpaired) electrons. The number of amides is 1. The minimum Gasteiger partial charge on any atom is -0.496 e. The third kappa shape index (κ3) is 5.25. The van der Waals surface area contributed by atoms with Gasteiger partial charge < -0.3 is 14.8 Å². The molecule has 0 heterocycles. The number of nitrogens with one attached hydrogen (secondary N) is 1. The molecule has 1 rings (SSSR count). The van der Waals surface area contributed by atoms with E-state index in [4.69, 9.17) is 16.3 Å². The maximum atomic E-state index is 11.8. The number of carbonyl (C=O) groups excluding carboxylic acids is 1. The molecule has 1 N–H and O–H groups in total. The van der Waals surface area contributed by atoms with Crippen LogP contribution in [0.15, 0.2) is 18.2 Å². The molecule has 0 saturated carbocycles. The van der Waals surface area contributed by atoms with E-state index in [1.54, 1.807) is 18.2 Å². The number of ether oxygens (including phenoxy) is 2. The molecular formula is C11H11ClF3NO3. The predicted octanol–water partition coefficient (Wildman–Crippen LogP) is 3.14. The summed E-state index contributed by atoms with van der Waals surface area (Å²) in [5.74, 6) is 0.420. The van der Waals surface area contributed by atoms with E-state index in [1.807, 2.05) is 0 Å². The van der Waals surface area contributed by atoms with Crippen LogP contribution in [0.25, 0.3) is 0 Å². The van der Waals surface area contributed by atoms with Gasteiger partial charge in [0.05, 0.1) is 13.7 Å². The van der Waals surface area contributed by atoms with Crippen LogP contribution in [0.1, 0.15) is 5.56 Å². The van der Waals surface area contributed by atoms with Crippen LogP contribution >= 0.6 is 11.6 Å².